The molecule has 0 saturated carbocycles. The Kier molecular flexibility index (Phi) is 3.43. The van der Waals surface area contributed by atoms with Crippen LogP contribution in [0.1, 0.15) is 5.56 Å². The number of halogens is 1. The van der Waals surface area contributed by atoms with Gasteiger partial charge in [-0.15, -0.1) is 0 Å². The summed E-state index contributed by atoms with van der Waals surface area (Å²) >= 11 is 0. The van der Waals surface area contributed by atoms with Crippen molar-refractivity contribution in [2.45, 2.75) is 6.42 Å². The van der Waals surface area contributed by atoms with Gasteiger partial charge in [0, 0.05) is 5.56 Å². The SMILES string of the molecule is O=C=NCCc1cn[nH]c1-c1ccc(F)cc1. The van der Waals surface area contributed by atoms with E-state index < -0.39 is 0 Å². The van der Waals surface area contributed by atoms with Gasteiger partial charge in [-0.25, -0.2) is 14.2 Å². The van der Waals surface area contributed by atoms with E-state index in [2.05, 4.69) is 15.2 Å². The van der Waals surface area contributed by atoms with E-state index in [1.54, 1.807) is 18.3 Å². The monoisotopic (exact) mass is 231 g/mol. The first-order valence-electron chi connectivity index (χ1n) is 5.13. The molecule has 4 nitrogen and oxygen atoms in total. The number of H-pyrrole nitrogens is 1. The Bertz CT molecular complexity index is 541. The van der Waals surface area contributed by atoms with Crippen molar-refractivity contribution in [1.82, 2.24) is 10.2 Å². The number of nitrogens with one attached hydrogen (secondary N) is 1. The van der Waals surface area contributed by atoms with Gasteiger partial charge in [0.1, 0.15) is 5.82 Å². The molecule has 0 bridgehead atoms. The summed E-state index contributed by atoms with van der Waals surface area (Å²) in [5.41, 5.74) is 2.62. The highest BCUT2D eigenvalue weighted by atomic mass is 19.1. The molecule has 5 heteroatoms. The van der Waals surface area contributed by atoms with Gasteiger partial charge in [0.05, 0.1) is 18.4 Å². The second kappa shape index (κ2) is 5.18. The number of isocyanates is 1. The van der Waals surface area contributed by atoms with Crippen LogP contribution in [0.25, 0.3) is 11.3 Å². The van der Waals surface area contributed by atoms with E-state index in [1.807, 2.05) is 0 Å². The highest BCUT2D eigenvalue weighted by molar-refractivity contribution is 5.62. The van der Waals surface area contributed by atoms with Crippen LogP contribution < -0.4 is 0 Å². The molecule has 17 heavy (non-hydrogen) atoms. The van der Waals surface area contributed by atoms with E-state index in [0.29, 0.717) is 13.0 Å². The molecule has 2 rings (SSSR count). The Balaban J connectivity index is 2.23. The molecule has 0 aliphatic rings. The van der Waals surface area contributed by atoms with Crippen molar-refractivity contribution in [2.75, 3.05) is 6.54 Å². The number of aliphatic imine (C=N–C) groups is 1. The van der Waals surface area contributed by atoms with Crippen LogP contribution in [0.5, 0.6) is 0 Å². The van der Waals surface area contributed by atoms with Crippen molar-refractivity contribution in [3.63, 3.8) is 0 Å². The van der Waals surface area contributed by atoms with Crippen molar-refractivity contribution in [1.29, 1.82) is 0 Å². The maximum atomic E-state index is 12.8. The molecule has 0 fully saturated rings. The van der Waals surface area contributed by atoms with Crippen LogP contribution in [-0.2, 0) is 11.2 Å². The topological polar surface area (TPSA) is 58.1 Å². The van der Waals surface area contributed by atoms with Gasteiger partial charge in [0.2, 0.25) is 6.08 Å². The van der Waals surface area contributed by atoms with Gasteiger partial charge in [-0.1, -0.05) is 0 Å². The van der Waals surface area contributed by atoms with Gasteiger partial charge >= 0.3 is 0 Å². The fourth-order valence-corrected chi connectivity index (χ4v) is 1.59. The summed E-state index contributed by atoms with van der Waals surface area (Å²) in [4.78, 5) is 13.5. The van der Waals surface area contributed by atoms with Crippen LogP contribution in [0.2, 0.25) is 0 Å². The zero-order chi connectivity index (χ0) is 12.1. The van der Waals surface area contributed by atoms with E-state index in [1.165, 1.54) is 18.2 Å². The summed E-state index contributed by atoms with van der Waals surface area (Å²) < 4.78 is 12.8. The summed E-state index contributed by atoms with van der Waals surface area (Å²) in [5, 5.41) is 6.80. The number of carbonyl (C=O) groups excluding carboxylic acids is 1. The maximum Gasteiger partial charge on any atom is 0.234 e. The lowest BCUT2D eigenvalue weighted by atomic mass is 10.1. The lowest BCUT2D eigenvalue weighted by Gasteiger charge is -2.01. The minimum atomic E-state index is -0.277. The Morgan fingerprint density at radius 2 is 2.12 bits per heavy atom. The standard InChI is InChI=1S/C12H10FN3O/c13-11-3-1-9(2-4-11)12-10(7-15-16-12)5-6-14-8-17/h1-4,7H,5-6H2,(H,15,16). The molecule has 0 unspecified atom stereocenters. The second-order valence-corrected chi connectivity index (χ2v) is 3.50. The molecule has 1 aromatic carbocycles. The molecular formula is C12H10FN3O. The minimum absolute atomic E-state index is 0.277. The lowest BCUT2D eigenvalue weighted by Crippen LogP contribution is -1.91. The lowest BCUT2D eigenvalue weighted by molar-refractivity contribution is 0.563. The molecule has 1 heterocycles. The van der Waals surface area contributed by atoms with Gasteiger partial charge in [-0.2, -0.15) is 5.10 Å². The predicted octanol–water partition coefficient (Wildman–Crippen LogP) is 2.09. The van der Waals surface area contributed by atoms with E-state index >= 15 is 0 Å². The number of hydrogen-bond donors (Lipinski definition) is 1. The van der Waals surface area contributed by atoms with Crippen molar-refractivity contribution in [3.8, 4) is 11.3 Å². The first kappa shape index (κ1) is 11.2. The zero-order valence-corrected chi connectivity index (χ0v) is 8.98. The molecule has 2 aromatic rings. The molecule has 0 saturated heterocycles. The highest BCUT2D eigenvalue weighted by Crippen LogP contribution is 2.21. The Labute approximate surface area is 97.2 Å². The molecule has 1 N–H and O–H groups in total. The quantitative estimate of drug-likeness (QED) is 0.647. The summed E-state index contributed by atoms with van der Waals surface area (Å²) in [6, 6.07) is 6.14. The van der Waals surface area contributed by atoms with Gasteiger partial charge in [-0.3, -0.25) is 5.10 Å². The van der Waals surface area contributed by atoms with Gasteiger partial charge < -0.3 is 0 Å². The molecule has 0 aliphatic heterocycles. The Morgan fingerprint density at radius 1 is 1.35 bits per heavy atom. The fraction of sp³-hybridized carbons (Fsp3) is 0.167. The molecule has 86 valence electrons. The average Bonchev–Trinajstić information content (AvgIpc) is 2.79. The summed E-state index contributed by atoms with van der Waals surface area (Å²) in [6.45, 7) is 0.372. The van der Waals surface area contributed by atoms with Crippen molar-refractivity contribution >= 4 is 6.08 Å². The van der Waals surface area contributed by atoms with Crippen molar-refractivity contribution in [3.05, 3.63) is 41.8 Å². The van der Waals surface area contributed by atoms with Crippen LogP contribution in [-0.4, -0.2) is 22.8 Å². The smallest absolute Gasteiger partial charge is 0.234 e. The molecular weight excluding hydrogens is 221 g/mol. The summed E-state index contributed by atoms with van der Waals surface area (Å²) in [5.74, 6) is -0.277. The van der Waals surface area contributed by atoms with Crippen LogP contribution >= 0.6 is 0 Å². The van der Waals surface area contributed by atoms with E-state index in [9.17, 15) is 9.18 Å². The number of hydrogen-bond acceptors (Lipinski definition) is 3. The van der Waals surface area contributed by atoms with Crippen molar-refractivity contribution in [2.24, 2.45) is 4.99 Å². The highest BCUT2D eigenvalue weighted by Gasteiger charge is 2.07. The van der Waals surface area contributed by atoms with Gasteiger partial charge in [-0.05, 0) is 36.2 Å². The first-order valence-corrected chi connectivity index (χ1v) is 5.13. The Hall–Kier alpha value is -2.26. The van der Waals surface area contributed by atoms with Gasteiger partial charge in [0.25, 0.3) is 0 Å². The van der Waals surface area contributed by atoms with E-state index in [4.69, 9.17) is 0 Å². The molecule has 0 aliphatic carbocycles. The average molecular weight is 231 g/mol. The van der Waals surface area contributed by atoms with Crippen LogP contribution in [0.4, 0.5) is 4.39 Å². The number of nitrogens with zero attached hydrogens (tertiary/aromatic N) is 2. The van der Waals surface area contributed by atoms with E-state index in [-0.39, 0.29) is 5.82 Å². The third kappa shape index (κ3) is 2.65. The molecule has 0 spiro atoms. The zero-order valence-electron chi connectivity index (χ0n) is 8.98. The number of rotatable bonds is 4. The molecule has 0 atom stereocenters. The Morgan fingerprint density at radius 3 is 2.82 bits per heavy atom. The predicted molar refractivity (Wildman–Crippen MR) is 60.7 cm³/mol. The summed E-state index contributed by atoms with van der Waals surface area (Å²) in [7, 11) is 0. The van der Waals surface area contributed by atoms with Crippen LogP contribution in [0.15, 0.2) is 35.5 Å². The van der Waals surface area contributed by atoms with Crippen molar-refractivity contribution < 1.29 is 9.18 Å². The molecule has 1 aromatic heterocycles. The molecule has 0 radical (unpaired) electrons. The third-order valence-electron chi connectivity index (χ3n) is 2.41. The fourth-order valence-electron chi connectivity index (χ4n) is 1.59. The van der Waals surface area contributed by atoms with Crippen LogP contribution in [0.3, 0.4) is 0 Å². The third-order valence-corrected chi connectivity index (χ3v) is 2.41. The van der Waals surface area contributed by atoms with E-state index in [0.717, 1.165) is 16.8 Å². The van der Waals surface area contributed by atoms with Crippen LogP contribution in [0, 0.1) is 5.82 Å². The summed E-state index contributed by atoms with van der Waals surface area (Å²) in [6.07, 6.45) is 3.77. The number of aromatic amines is 1. The second-order valence-electron chi connectivity index (χ2n) is 3.50. The molecule has 0 amide bonds. The first-order chi connectivity index (χ1) is 8.31. The van der Waals surface area contributed by atoms with Gasteiger partial charge in [0.15, 0.2) is 0 Å². The number of benzene rings is 1. The largest absolute Gasteiger partial charge is 0.278 e. The number of aromatic nitrogens is 2. The minimum Gasteiger partial charge on any atom is -0.278 e. The normalized spacial score (nSPS) is 9.94. The maximum absolute atomic E-state index is 12.8.